The highest BCUT2D eigenvalue weighted by atomic mass is 19.1. The van der Waals surface area contributed by atoms with E-state index in [1.165, 1.54) is 19.2 Å². The number of nitriles is 1. The fraction of sp³-hybridized carbons (Fsp3) is 0.222. The lowest BCUT2D eigenvalue weighted by Crippen LogP contribution is -2.32. The predicted octanol–water partition coefficient (Wildman–Crippen LogP) is 6.56. The summed E-state index contributed by atoms with van der Waals surface area (Å²) >= 11 is 0. The highest BCUT2D eigenvalue weighted by Gasteiger charge is 2.27. The number of nitrogens with zero attached hydrogens (tertiary/aromatic N) is 1. The topological polar surface area (TPSA) is 54.3 Å². The Morgan fingerprint density at radius 3 is 2.53 bits per heavy atom. The molecule has 5 heteroatoms. The molecule has 4 rings (SSSR count). The maximum Gasteiger partial charge on any atom is 0.137 e. The van der Waals surface area contributed by atoms with Gasteiger partial charge in [0.2, 0.25) is 0 Å². The second kappa shape index (κ2) is 8.39. The Morgan fingerprint density at radius 2 is 1.78 bits per heavy atom. The molecule has 0 unspecified atom stereocenters. The zero-order valence-electron chi connectivity index (χ0n) is 18.6. The van der Waals surface area contributed by atoms with Crippen molar-refractivity contribution in [1.82, 2.24) is 0 Å². The first kappa shape index (κ1) is 21.5. The number of halogens is 1. The molecular formula is C27H25FN2O2. The van der Waals surface area contributed by atoms with Gasteiger partial charge in [-0.1, -0.05) is 24.3 Å². The van der Waals surface area contributed by atoms with Crippen LogP contribution in [0, 0.1) is 17.1 Å². The number of rotatable bonds is 5. The number of hydrogen-bond acceptors (Lipinski definition) is 4. The normalized spacial score (nSPS) is 13.9. The van der Waals surface area contributed by atoms with Gasteiger partial charge in [-0.05, 0) is 62.2 Å². The summed E-state index contributed by atoms with van der Waals surface area (Å²) < 4.78 is 25.5. The van der Waals surface area contributed by atoms with Gasteiger partial charge in [-0.3, -0.25) is 0 Å². The van der Waals surface area contributed by atoms with E-state index < -0.39 is 0 Å². The molecule has 4 nitrogen and oxygen atoms in total. The van der Waals surface area contributed by atoms with E-state index in [1.807, 2.05) is 24.3 Å². The molecule has 0 amide bonds. The van der Waals surface area contributed by atoms with Crippen molar-refractivity contribution >= 4 is 11.3 Å². The fourth-order valence-corrected chi connectivity index (χ4v) is 4.32. The number of nitrogens with one attached hydrogen (secondary N) is 1. The molecule has 1 aliphatic heterocycles. The molecular weight excluding hydrogens is 403 g/mol. The van der Waals surface area contributed by atoms with E-state index in [9.17, 15) is 9.65 Å². The van der Waals surface area contributed by atoms with Crippen molar-refractivity contribution in [2.24, 2.45) is 0 Å². The van der Waals surface area contributed by atoms with Gasteiger partial charge >= 0.3 is 0 Å². The van der Waals surface area contributed by atoms with Crippen molar-refractivity contribution in [3.05, 3.63) is 83.2 Å². The Labute approximate surface area is 187 Å². The summed E-state index contributed by atoms with van der Waals surface area (Å²) in [5, 5.41) is 13.0. The number of hydrogen-bond donors (Lipinski definition) is 1. The van der Waals surface area contributed by atoms with Gasteiger partial charge in [0.1, 0.15) is 30.0 Å². The Kier molecular flexibility index (Phi) is 5.63. The number of benzene rings is 3. The van der Waals surface area contributed by atoms with E-state index >= 15 is 0 Å². The van der Waals surface area contributed by atoms with Crippen molar-refractivity contribution in [2.45, 2.75) is 32.9 Å². The molecule has 0 saturated heterocycles. The average molecular weight is 429 g/mol. The first-order valence-corrected chi connectivity index (χ1v) is 10.4. The number of fused-ring (bicyclic) bond motifs is 1. The molecule has 0 aliphatic carbocycles. The molecule has 0 radical (unpaired) electrons. The van der Waals surface area contributed by atoms with Crippen LogP contribution in [0.4, 0.5) is 10.1 Å². The number of allylic oxidation sites excluding steroid dienone is 1. The largest absolute Gasteiger partial charge is 0.496 e. The first-order valence-electron chi connectivity index (χ1n) is 10.4. The van der Waals surface area contributed by atoms with Crippen LogP contribution >= 0.6 is 0 Å². The lowest BCUT2D eigenvalue weighted by molar-refractivity contribution is 0.305. The maximum absolute atomic E-state index is 13.9. The van der Waals surface area contributed by atoms with E-state index in [2.05, 4.69) is 38.2 Å². The van der Waals surface area contributed by atoms with Crippen LogP contribution in [0.3, 0.4) is 0 Å². The van der Waals surface area contributed by atoms with E-state index in [1.54, 1.807) is 18.2 Å². The van der Waals surface area contributed by atoms with Crippen molar-refractivity contribution in [1.29, 1.82) is 5.26 Å². The van der Waals surface area contributed by atoms with Gasteiger partial charge in [-0.2, -0.15) is 5.26 Å². The summed E-state index contributed by atoms with van der Waals surface area (Å²) in [6.45, 7) is 6.57. The summed E-state index contributed by atoms with van der Waals surface area (Å²) in [5.74, 6) is 0.619. The van der Waals surface area contributed by atoms with Crippen LogP contribution in [0.25, 0.3) is 16.7 Å². The van der Waals surface area contributed by atoms with Crippen molar-refractivity contribution in [3.63, 3.8) is 0 Å². The van der Waals surface area contributed by atoms with Crippen molar-refractivity contribution in [2.75, 3.05) is 12.4 Å². The maximum atomic E-state index is 13.9. The Balaban J connectivity index is 1.88. The van der Waals surface area contributed by atoms with Gasteiger partial charge in [0.15, 0.2) is 0 Å². The van der Waals surface area contributed by atoms with Gasteiger partial charge in [-0.15, -0.1) is 0 Å². The molecule has 3 aromatic rings. The van der Waals surface area contributed by atoms with E-state index in [4.69, 9.17) is 9.47 Å². The van der Waals surface area contributed by atoms with Gasteiger partial charge < -0.3 is 14.8 Å². The van der Waals surface area contributed by atoms with Crippen LogP contribution in [-0.4, -0.2) is 12.6 Å². The summed E-state index contributed by atoms with van der Waals surface area (Å²) in [5.41, 5.74) is 6.08. The predicted molar refractivity (Wildman–Crippen MR) is 125 cm³/mol. The van der Waals surface area contributed by atoms with Crippen LogP contribution in [0.2, 0.25) is 0 Å². The second-order valence-electron chi connectivity index (χ2n) is 8.43. The highest BCUT2D eigenvalue weighted by Crippen LogP contribution is 2.43. The minimum Gasteiger partial charge on any atom is -0.496 e. The standard InChI is InChI=1S/C27H25FN2O2/c1-17-14-27(2,3)30-23-12-11-20(21-10-9-19(28)13-25(21)31-4)22(26(17)23)16-32-24-8-6-5-7-18(24)15-29/h5-14,30H,16H2,1-4H3. The second-order valence-corrected chi connectivity index (χ2v) is 8.43. The number of ether oxygens (including phenoxy) is 2. The Morgan fingerprint density at radius 1 is 1.03 bits per heavy atom. The summed E-state index contributed by atoms with van der Waals surface area (Å²) in [6, 6.07) is 17.9. The monoisotopic (exact) mass is 428 g/mol. The quantitative estimate of drug-likeness (QED) is 0.500. The average Bonchev–Trinajstić information content (AvgIpc) is 2.76. The van der Waals surface area contributed by atoms with Crippen LogP contribution < -0.4 is 14.8 Å². The molecule has 0 fully saturated rings. The summed E-state index contributed by atoms with van der Waals surface area (Å²) in [4.78, 5) is 0. The van der Waals surface area contributed by atoms with E-state index in [0.29, 0.717) is 17.1 Å². The first-order chi connectivity index (χ1) is 15.3. The smallest absolute Gasteiger partial charge is 0.137 e. The Bertz CT molecular complexity index is 1250. The summed E-state index contributed by atoms with van der Waals surface area (Å²) in [7, 11) is 1.53. The van der Waals surface area contributed by atoms with Crippen LogP contribution in [0.1, 0.15) is 37.5 Å². The SMILES string of the molecule is COc1cc(F)ccc1-c1ccc2c(c1COc1ccccc1C#N)C(C)=CC(C)(C)N2. The van der Waals surface area contributed by atoms with Gasteiger partial charge in [-0.25, -0.2) is 4.39 Å². The van der Waals surface area contributed by atoms with E-state index in [0.717, 1.165) is 33.5 Å². The highest BCUT2D eigenvalue weighted by molar-refractivity contribution is 5.88. The fourth-order valence-electron chi connectivity index (χ4n) is 4.32. The molecule has 0 spiro atoms. The van der Waals surface area contributed by atoms with Crippen LogP contribution in [0.15, 0.2) is 60.7 Å². The molecule has 0 saturated carbocycles. The number of methoxy groups -OCH3 is 1. The molecule has 1 heterocycles. The minimum atomic E-state index is -0.358. The molecule has 0 atom stereocenters. The zero-order chi connectivity index (χ0) is 22.9. The van der Waals surface area contributed by atoms with Crippen molar-refractivity contribution < 1.29 is 13.9 Å². The third-order valence-electron chi connectivity index (χ3n) is 5.57. The van der Waals surface area contributed by atoms with Crippen LogP contribution in [-0.2, 0) is 6.61 Å². The minimum absolute atomic E-state index is 0.183. The number of anilines is 1. The van der Waals surface area contributed by atoms with Crippen molar-refractivity contribution in [3.8, 4) is 28.7 Å². The molecule has 0 bridgehead atoms. The Hall–Kier alpha value is -3.78. The number of para-hydroxylation sites is 1. The molecule has 3 aromatic carbocycles. The lowest BCUT2D eigenvalue weighted by Gasteiger charge is -2.33. The molecule has 162 valence electrons. The summed E-state index contributed by atoms with van der Waals surface area (Å²) in [6.07, 6.45) is 2.19. The zero-order valence-corrected chi connectivity index (χ0v) is 18.6. The van der Waals surface area contributed by atoms with Gasteiger partial charge in [0.25, 0.3) is 0 Å². The molecule has 0 aromatic heterocycles. The third kappa shape index (κ3) is 4.04. The molecule has 1 N–H and O–H groups in total. The lowest BCUT2D eigenvalue weighted by atomic mass is 9.85. The third-order valence-corrected chi connectivity index (χ3v) is 5.57. The molecule has 1 aliphatic rings. The van der Waals surface area contributed by atoms with Gasteiger partial charge in [0, 0.05) is 28.4 Å². The van der Waals surface area contributed by atoms with Gasteiger partial charge in [0.05, 0.1) is 18.2 Å². The molecule has 32 heavy (non-hydrogen) atoms. The van der Waals surface area contributed by atoms with E-state index in [-0.39, 0.29) is 18.0 Å². The van der Waals surface area contributed by atoms with Crippen LogP contribution in [0.5, 0.6) is 11.5 Å².